The second-order valence-electron chi connectivity index (χ2n) is 15.3. The Morgan fingerprint density at radius 1 is 0.868 bits per heavy atom. The van der Waals surface area contributed by atoms with Crippen molar-refractivity contribution in [2.45, 2.75) is 130 Å². The molecule has 2 aliphatic rings. The van der Waals surface area contributed by atoms with Crippen LogP contribution in [-0.4, -0.2) is 107 Å². The third kappa shape index (κ3) is 10.6. The van der Waals surface area contributed by atoms with Crippen molar-refractivity contribution in [3.63, 3.8) is 0 Å². The molecule has 0 saturated carbocycles. The molecule has 2 heterocycles. The van der Waals surface area contributed by atoms with Crippen molar-refractivity contribution >= 4 is 35.6 Å². The van der Waals surface area contributed by atoms with E-state index < -0.39 is 77.9 Å². The highest BCUT2D eigenvalue weighted by Crippen LogP contribution is 2.27. The van der Waals surface area contributed by atoms with E-state index in [0.29, 0.717) is 32.1 Å². The molecule has 0 spiro atoms. The first kappa shape index (κ1) is 43.0. The number of unbranched alkanes of at least 4 members (excludes halogenated alkanes) is 1. The zero-order chi connectivity index (χ0) is 39.6. The fraction of sp³-hybridized carbons (Fsp3) is 0.659. The van der Waals surface area contributed by atoms with E-state index in [1.807, 2.05) is 44.2 Å². The zero-order valence-electron chi connectivity index (χ0n) is 33.0. The molecule has 12 heteroatoms. The summed E-state index contributed by atoms with van der Waals surface area (Å²) in [6.45, 7) is 12.8. The van der Waals surface area contributed by atoms with Crippen LogP contribution in [0, 0.1) is 36.0 Å². The fourth-order valence-corrected chi connectivity index (χ4v) is 7.29. The summed E-state index contributed by atoms with van der Waals surface area (Å²) in [4.78, 5) is 89.2. The number of ether oxygens (including phenoxy) is 2. The molecule has 0 aliphatic carbocycles. The van der Waals surface area contributed by atoms with Gasteiger partial charge in [0.15, 0.2) is 6.10 Å². The molecule has 2 saturated heterocycles. The van der Waals surface area contributed by atoms with Gasteiger partial charge < -0.3 is 29.5 Å². The molecule has 8 atom stereocenters. The Morgan fingerprint density at radius 3 is 2.08 bits per heavy atom. The Balaban J connectivity index is 2.19. The highest BCUT2D eigenvalue weighted by atomic mass is 16.6. The maximum atomic E-state index is 14.5. The summed E-state index contributed by atoms with van der Waals surface area (Å²) < 4.78 is 12.2. The topological polar surface area (TPSA) is 143 Å². The van der Waals surface area contributed by atoms with Crippen LogP contribution in [0.15, 0.2) is 30.3 Å². The number of likely N-dealkylation sites (N-methyl/N-ethyl adjacent to an activating group) is 2. The van der Waals surface area contributed by atoms with Gasteiger partial charge in [0.1, 0.15) is 30.3 Å². The van der Waals surface area contributed by atoms with Gasteiger partial charge in [0.25, 0.3) is 5.91 Å². The molecule has 1 aromatic carbocycles. The van der Waals surface area contributed by atoms with Gasteiger partial charge in [-0.3, -0.25) is 19.2 Å². The number of hydrogen-bond donors (Lipinski definition) is 1. The van der Waals surface area contributed by atoms with Gasteiger partial charge in [0.2, 0.25) is 17.7 Å². The van der Waals surface area contributed by atoms with E-state index in [4.69, 9.17) is 15.9 Å². The van der Waals surface area contributed by atoms with Gasteiger partial charge in [-0.05, 0) is 49.0 Å². The highest BCUT2D eigenvalue weighted by Gasteiger charge is 2.45. The molecule has 292 valence electrons. The minimum Gasteiger partial charge on any atom is -0.460 e. The Morgan fingerprint density at radius 2 is 1.49 bits per heavy atom. The Bertz CT molecular complexity index is 1490. The molecule has 53 heavy (non-hydrogen) atoms. The van der Waals surface area contributed by atoms with E-state index in [9.17, 15) is 28.8 Å². The third-order valence-electron chi connectivity index (χ3n) is 10.7. The molecule has 1 aromatic rings. The summed E-state index contributed by atoms with van der Waals surface area (Å²) in [6, 6.07) is 5.10. The predicted octanol–water partition coefficient (Wildman–Crippen LogP) is 3.99. The van der Waals surface area contributed by atoms with Crippen LogP contribution in [0.25, 0.3) is 0 Å². The molecule has 0 radical (unpaired) electrons. The van der Waals surface area contributed by atoms with Crippen LogP contribution in [0.2, 0.25) is 0 Å². The lowest BCUT2D eigenvalue weighted by molar-refractivity contribution is -0.170. The van der Waals surface area contributed by atoms with Crippen LogP contribution in [-0.2, 0) is 44.7 Å². The van der Waals surface area contributed by atoms with Crippen molar-refractivity contribution in [1.29, 1.82) is 0 Å². The second kappa shape index (κ2) is 19.6. The molecule has 0 aromatic heterocycles. The number of fused-ring (bicyclic) bond motifs is 1. The first-order chi connectivity index (χ1) is 25.0. The largest absolute Gasteiger partial charge is 0.460 e. The van der Waals surface area contributed by atoms with E-state index >= 15 is 0 Å². The van der Waals surface area contributed by atoms with Crippen molar-refractivity contribution in [1.82, 2.24) is 20.0 Å². The Labute approximate surface area is 315 Å². The van der Waals surface area contributed by atoms with E-state index in [0.717, 1.165) is 5.56 Å². The maximum Gasteiger partial charge on any atom is 0.329 e. The summed E-state index contributed by atoms with van der Waals surface area (Å²) in [6.07, 6.45) is 5.92. The minimum absolute atomic E-state index is 0.0497. The monoisotopic (exact) mass is 736 g/mol. The van der Waals surface area contributed by atoms with Crippen LogP contribution in [0.4, 0.5) is 0 Å². The average Bonchev–Trinajstić information content (AvgIpc) is 3.61. The van der Waals surface area contributed by atoms with Gasteiger partial charge in [-0.1, -0.05) is 85.2 Å². The number of esters is 2. The normalized spacial score (nSPS) is 27.7. The van der Waals surface area contributed by atoms with E-state index in [1.54, 1.807) is 34.6 Å². The first-order valence-electron chi connectivity index (χ1n) is 19.1. The van der Waals surface area contributed by atoms with Crippen molar-refractivity contribution in [3.05, 3.63) is 35.9 Å². The summed E-state index contributed by atoms with van der Waals surface area (Å²) in [5, 5.41) is 2.87. The number of benzene rings is 1. The van der Waals surface area contributed by atoms with Gasteiger partial charge in [-0.2, -0.15) is 0 Å². The number of amides is 4. The Hall–Kier alpha value is -4.40. The number of nitrogens with one attached hydrogen (secondary N) is 1. The third-order valence-corrected chi connectivity index (χ3v) is 10.7. The van der Waals surface area contributed by atoms with Crippen LogP contribution in [0.5, 0.6) is 0 Å². The van der Waals surface area contributed by atoms with Gasteiger partial charge in [0, 0.05) is 33.5 Å². The van der Waals surface area contributed by atoms with Crippen molar-refractivity contribution < 1.29 is 38.2 Å². The standard InChI is InChI=1S/C41H60N4O8/c1-11-13-15-22-31-28(8)36(46)42-33(25(3)4)39(49)44(10)35(27(7)12-2)41(51)53-32(24-29-19-16-14-17-20-29)38(48)45-23-18-21-30(45)37(47)43(9)34(26(5)6)40(50)52-31/h1,14,16-17,19-20,25-28,30-35H,12-13,15,18,21-24H2,2-10H3,(H,42,46)/t27-,28?,30-,31-,32-,33-,34-,35-/m0/s1. The zero-order valence-corrected chi connectivity index (χ0v) is 33.0. The van der Waals surface area contributed by atoms with Crippen LogP contribution in [0.3, 0.4) is 0 Å². The van der Waals surface area contributed by atoms with Crippen LogP contribution in [0.1, 0.15) is 92.6 Å². The molecule has 0 bridgehead atoms. The van der Waals surface area contributed by atoms with Crippen LogP contribution >= 0.6 is 0 Å². The lowest BCUT2D eigenvalue weighted by atomic mass is 9.94. The average molecular weight is 737 g/mol. The molecule has 4 amide bonds. The van der Waals surface area contributed by atoms with Crippen molar-refractivity contribution in [2.75, 3.05) is 20.6 Å². The molecular weight excluding hydrogens is 676 g/mol. The smallest absolute Gasteiger partial charge is 0.329 e. The summed E-state index contributed by atoms with van der Waals surface area (Å²) >= 11 is 0. The minimum atomic E-state index is -1.29. The fourth-order valence-electron chi connectivity index (χ4n) is 7.29. The SMILES string of the molecule is C#CCCC[C@@H]1OC(=O)[C@H](C(C)C)N(C)C(=O)[C@@H]2CCCN2C(=O)[C@H](Cc2ccccc2)OC(=O)[C@H]([C@@H](C)CC)N(C)C(=O)[C@H](C(C)C)NC(=O)C1C. The van der Waals surface area contributed by atoms with Crippen molar-refractivity contribution in [3.8, 4) is 12.3 Å². The number of terminal acetylenes is 1. The number of cyclic esters (lactones) is 2. The molecule has 2 aliphatic heterocycles. The molecule has 12 nitrogen and oxygen atoms in total. The summed E-state index contributed by atoms with van der Waals surface area (Å²) in [5.74, 6) is -2.85. The Kier molecular flexibility index (Phi) is 15.9. The van der Waals surface area contributed by atoms with E-state index in [1.165, 1.54) is 28.8 Å². The number of hydrogen-bond acceptors (Lipinski definition) is 8. The molecule has 2 fully saturated rings. The summed E-state index contributed by atoms with van der Waals surface area (Å²) in [5.41, 5.74) is 0.747. The van der Waals surface area contributed by atoms with Crippen molar-refractivity contribution in [2.24, 2.45) is 23.7 Å². The van der Waals surface area contributed by atoms with Gasteiger partial charge in [-0.25, -0.2) is 9.59 Å². The van der Waals surface area contributed by atoms with E-state index in [2.05, 4.69) is 11.2 Å². The first-order valence-corrected chi connectivity index (χ1v) is 19.1. The number of carbonyl (C=O) groups is 6. The molecular formula is C41H60N4O8. The number of carbonyl (C=O) groups excluding carboxylic acids is 6. The van der Waals surface area contributed by atoms with Crippen LogP contribution < -0.4 is 5.32 Å². The van der Waals surface area contributed by atoms with E-state index in [-0.39, 0.29) is 37.1 Å². The molecule has 1 unspecified atom stereocenters. The van der Waals surface area contributed by atoms with Gasteiger partial charge in [-0.15, -0.1) is 12.3 Å². The molecule has 1 N–H and O–H groups in total. The number of rotatable bonds is 9. The quantitative estimate of drug-likeness (QED) is 0.228. The lowest BCUT2D eigenvalue weighted by Crippen LogP contribution is -2.58. The molecule has 3 rings (SSSR count). The summed E-state index contributed by atoms with van der Waals surface area (Å²) in [7, 11) is 3.03. The second-order valence-corrected chi connectivity index (χ2v) is 15.3. The van der Waals surface area contributed by atoms with Gasteiger partial charge >= 0.3 is 11.9 Å². The number of nitrogens with zero attached hydrogens (tertiary/aromatic N) is 3. The predicted molar refractivity (Wildman–Crippen MR) is 201 cm³/mol. The lowest BCUT2D eigenvalue weighted by Gasteiger charge is -2.36. The highest BCUT2D eigenvalue weighted by molar-refractivity contribution is 5.95. The maximum absolute atomic E-state index is 14.5. The van der Waals surface area contributed by atoms with Gasteiger partial charge in [0.05, 0.1) is 5.92 Å².